The van der Waals surface area contributed by atoms with Crippen LogP contribution in [0.4, 0.5) is 0 Å². The molecule has 0 spiro atoms. The second-order valence-electron chi connectivity index (χ2n) is 12.9. The first kappa shape index (κ1) is 30.1. The second kappa shape index (κ2) is 12.8. The fourth-order valence-corrected chi connectivity index (χ4v) is 8.76. The Morgan fingerprint density at radius 2 is 1.14 bits per heavy atom. The van der Waals surface area contributed by atoms with Crippen molar-refractivity contribution in [2.24, 2.45) is 0 Å². The average Bonchev–Trinajstić information content (AvgIpc) is 3.56. The third-order valence-electron chi connectivity index (χ3n) is 9.91. The molecule has 0 fully saturated rings. The van der Waals surface area contributed by atoms with E-state index in [0.717, 1.165) is 23.1 Å². The smallest absolute Gasteiger partial charge is 0.0433 e. The van der Waals surface area contributed by atoms with Gasteiger partial charge in [-0.1, -0.05) is 176 Å². The highest BCUT2D eigenvalue weighted by Crippen LogP contribution is 2.40. The number of thiophene rings is 1. The van der Waals surface area contributed by atoms with E-state index in [1.54, 1.807) is 0 Å². The van der Waals surface area contributed by atoms with Crippen LogP contribution >= 0.6 is 11.3 Å². The minimum absolute atomic E-state index is 0.822. The van der Waals surface area contributed by atoms with Crippen molar-refractivity contribution in [3.05, 3.63) is 216 Å². The highest BCUT2D eigenvalue weighted by Gasteiger charge is 2.14. The van der Waals surface area contributed by atoms with Crippen molar-refractivity contribution >= 4 is 53.4 Å². The van der Waals surface area contributed by atoms with Gasteiger partial charge in [-0.2, -0.15) is 0 Å². The summed E-state index contributed by atoms with van der Waals surface area (Å²) in [4.78, 5) is 0. The molecule has 1 aromatic heterocycles. The number of allylic oxidation sites excluding steroid dienone is 5. The van der Waals surface area contributed by atoms with Gasteiger partial charge < -0.3 is 0 Å². The van der Waals surface area contributed by atoms with Gasteiger partial charge >= 0.3 is 0 Å². The van der Waals surface area contributed by atoms with Gasteiger partial charge in [-0.05, 0) is 89.9 Å². The van der Waals surface area contributed by atoms with Crippen LogP contribution in [0.5, 0.6) is 0 Å². The Kier molecular flexibility index (Phi) is 7.69. The molecule has 1 heterocycles. The SMILES string of the molecule is C=C1/C=C\C=C/C/C(c2ccc(-c3cccc4c3sc3ccccc34)cc2)=c2/ccccc2=C1c1cccc(-c2cccc3ccccc23)c1. The van der Waals surface area contributed by atoms with Gasteiger partial charge in [0.1, 0.15) is 0 Å². The van der Waals surface area contributed by atoms with Gasteiger partial charge in [0, 0.05) is 20.2 Å². The van der Waals surface area contributed by atoms with Gasteiger partial charge in [-0.25, -0.2) is 0 Å². The zero-order valence-corrected chi connectivity index (χ0v) is 28.5. The van der Waals surface area contributed by atoms with Crippen LogP contribution in [0.3, 0.4) is 0 Å². The van der Waals surface area contributed by atoms with E-state index >= 15 is 0 Å². The molecular formula is C49H34S. The van der Waals surface area contributed by atoms with Crippen LogP contribution in [0.15, 0.2) is 194 Å². The molecule has 7 aromatic carbocycles. The zero-order chi connectivity index (χ0) is 33.4. The van der Waals surface area contributed by atoms with Gasteiger partial charge in [0.25, 0.3) is 0 Å². The summed E-state index contributed by atoms with van der Waals surface area (Å²) in [7, 11) is 0. The number of rotatable bonds is 4. The van der Waals surface area contributed by atoms with Crippen molar-refractivity contribution in [2.45, 2.75) is 6.42 Å². The summed E-state index contributed by atoms with van der Waals surface area (Å²) < 4.78 is 2.67. The van der Waals surface area contributed by atoms with E-state index in [9.17, 15) is 0 Å². The molecule has 1 heteroatoms. The van der Waals surface area contributed by atoms with Crippen LogP contribution < -0.4 is 10.4 Å². The molecule has 8 aromatic rings. The van der Waals surface area contributed by atoms with Crippen molar-refractivity contribution in [2.75, 3.05) is 0 Å². The van der Waals surface area contributed by atoms with Gasteiger partial charge in [0.15, 0.2) is 0 Å². The number of hydrogen-bond acceptors (Lipinski definition) is 1. The van der Waals surface area contributed by atoms with Crippen molar-refractivity contribution in [3.63, 3.8) is 0 Å². The molecule has 0 N–H and O–H groups in total. The average molecular weight is 655 g/mol. The lowest BCUT2D eigenvalue weighted by atomic mass is 9.89. The van der Waals surface area contributed by atoms with Gasteiger partial charge in [-0.15, -0.1) is 11.3 Å². The summed E-state index contributed by atoms with van der Waals surface area (Å²) in [6.45, 7) is 4.61. The maximum absolute atomic E-state index is 4.61. The molecule has 50 heavy (non-hydrogen) atoms. The number of benzene rings is 7. The van der Waals surface area contributed by atoms with E-state index < -0.39 is 0 Å². The zero-order valence-electron chi connectivity index (χ0n) is 27.6. The second-order valence-corrected chi connectivity index (χ2v) is 13.9. The molecule has 0 bridgehead atoms. The monoisotopic (exact) mass is 654 g/mol. The van der Waals surface area contributed by atoms with Gasteiger partial charge in [-0.3, -0.25) is 0 Å². The molecule has 0 amide bonds. The molecule has 1 aliphatic carbocycles. The van der Waals surface area contributed by atoms with E-state index in [0.29, 0.717) is 0 Å². The Bertz CT molecular complexity index is 2780. The van der Waals surface area contributed by atoms with Crippen molar-refractivity contribution in [3.8, 4) is 22.3 Å². The molecule has 0 nitrogen and oxygen atoms in total. The predicted molar refractivity (Wildman–Crippen MR) is 217 cm³/mol. The summed E-state index contributed by atoms with van der Waals surface area (Å²) >= 11 is 1.88. The van der Waals surface area contributed by atoms with Crippen LogP contribution in [-0.2, 0) is 0 Å². The molecule has 0 saturated carbocycles. The van der Waals surface area contributed by atoms with Crippen LogP contribution in [0.2, 0.25) is 0 Å². The van der Waals surface area contributed by atoms with Crippen molar-refractivity contribution < 1.29 is 0 Å². The Labute approximate surface area is 296 Å². The highest BCUT2D eigenvalue weighted by atomic mass is 32.1. The largest absolute Gasteiger partial charge is 0.135 e. The quantitative estimate of drug-likeness (QED) is 0.177. The predicted octanol–water partition coefficient (Wildman–Crippen LogP) is 12.0. The molecule has 0 atom stereocenters. The first-order chi connectivity index (χ1) is 24.7. The lowest BCUT2D eigenvalue weighted by Gasteiger charge is -2.15. The molecular weight excluding hydrogens is 621 g/mol. The number of hydrogen-bond donors (Lipinski definition) is 0. The van der Waals surface area contributed by atoms with E-state index in [1.165, 1.54) is 74.8 Å². The Hall–Kier alpha value is -6.02. The lowest BCUT2D eigenvalue weighted by molar-refractivity contribution is 1.32. The van der Waals surface area contributed by atoms with E-state index in [-0.39, 0.29) is 0 Å². The maximum atomic E-state index is 4.61. The molecule has 0 unspecified atom stereocenters. The molecule has 1 aliphatic rings. The highest BCUT2D eigenvalue weighted by molar-refractivity contribution is 7.26. The first-order valence-corrected chi connectivity index (χ1v) is 18.0. The number of fused-ring (bicyclic) bond motifs is 5. The molecule has 9 rings (SSSR count). The first-order valence-electron chi connectivity index (χ1n) is 17.2. The molecule has 0 aliphatic heterocycles. The van der Waals surface area contributed by atoms with Crippen molar-refractivity contribution in [1.82, 2.24) is 0 Å². The lowest BCUT2D eigenvalue weighted by Crippen LogP contribution is -2.30. The summed E-state index contributed by atoms with van der Waals surface area (Å²) in [6, 6.07) is 57.6. The van der Waals surface area contributed by atoms with E-state index in [1.807, 2.05) is 11.3 Å². The summed E-state index contributed by atoms with van der Waals surface area (Å²) in [6.07, 6.45) is 9.49. The standard InChI is InChI=1S/C49H34S/c1-33-14-3-2-4-19-40(35-28-30-36(31-29-35)42-25-13-26-46-44-22-9-10-27-47(44)50-49(42)46)43-21-7-8-23-45(43)48(33)38-18-11-17-37(32-38)41-24-12-16-34-15-5-6-20-39(34)41/h2-18,20-32H,1,19H2/b4-2-,14-3-,43-40+,48-45?. The molecule has 0 radical (unpaired) electrons. The molecule has 236 valence electrons. The Balaban J connectivity index is 1.22. The Morgan fingerprint density at radius 3 is 2.04 bits per heavy atom. The fraction of sp³-hybridized carbons (Fsp3) is 0.0204. The summed E-state index contributed by atoms with van der Waals surface area (Å²) in [5.41, 5.74) is 10.8. The third-order valence-corrected chi connectivity index (χ3v) is 11.1. The van der Waals surface area contributed by atoms with E-state index in [2.05, 4.69) is 189 Å². The topological polar surface area (TPSA) is 0 Å². The van der Waals surface area contributed by atoms with E-state index in [4.69, 9.17) is 0 Å². The van der Waals surface area contributed by atoms with Crippen LogP contribution in [0, 0.1) is 0 Å². The summed E-state index contributed by atoms with van der Waals surface area (Å²) in [5.74, 6) is 0. The maximum Gasteiger partial charge on any atom is 0.0433 e. The van der Waals surface area contributed by atoms with Gasteiger partial charge in [0.05, 0.1) is 0 Å². The fourth-order valence-electron chi connectivity index (χ4n) is 7.53. The van der Waals surface area contributed by atoms with Crippen molar-refractivity contribution in [1.29, 1.82) is 0 Å². The normalized spacial score (nSPS) is 15.7. The Morgan fingerprint density at radius 1 is 0.480 bits per heavy atom. The summed E-state index contributed by atoms with van der Waals surface area (Å²) in [5, 5.41) is 7.60. The van der Waals surface area contributed by atoms with Crippen LogP contribution in [-0.4, -0.2) is 0 Å². The minimum Gasteiger partial charge on any atom is -0.135 e. The van der Waals surface area contributed by atoms with Crippen LogP contribution in [0.1, 0.15) is 17.5 Å². The third kappa shape index (κ3) is 5.33. The molecule has 0 saturated heterocycles. The van der Waals surface area contributed by atoms with Gasteiger partial charge in [0.2, 0.25) is 0 Å². The minimum atomic E-state index is 0.822. The van der Waals surface area contributed by atoms with Crippen LogP contribution in [0.25, 0.3) is 64.3 Å².